The average Bonchev–Trinajstić information content (AvgIpc) is 2.39. The van der Waals surface area contributed by atoms with Crippen molar-refractivity contribution in [3.63, 3.8) is 0 Å². The van der Waals surface area contributed by atoms with Crippen LogP contribution in [-0.2, 0) is 0 Å². The van der Waals surface area contributed by atoms with Gasteiger partial charge >= 0.3 is 0 Å². The maximum atomic E-state index is 12.1. The van der Waals surface area contributed by atoms with Gasteiger partial charge in [0.1, 0.15) is 5.75 Å². The third-order valence-corrected chi connectivity index (χ3v) is 2.45. The molecule has 0 radical (unpaired) electrons. The molecule has 0 saturated carbocycles. The van der Waals surface area contributed by atoms with Crippen molar-refractivity contribution in [3.8, 4) is 5.75 Å². The average molecular weight is 228 g/mol. The van der Waals surface area contributed by atoms with Crippen molar-refractivity contribution in [1.82, 2.24) is 4.98 Å². The number of carbonyl (C=O) groups is 1. The second-order valence-corrected chi connectivity index (χ2v) is 3.52. The minimum atomic E-state index is -0.118. The summed E-state index contributed by atoms with van der Waals surface area (Å²) in [6.07, 6.45) is 3.02. The molecule has 17 heavy (non-hydrogen) atoms. The highest BCUT2D eigenvalue weighted by Gasteiger charge is 2.11. The number of ketones is 1. The number of pyridine rings is 1. The fourth-order valence-corrected chi connectivity index (χ4v) is 1.51. The van der Waals surface area contributed by atoms with Crippen LogP contribution < -0.4 is 10.5 Å². The van der Waals surface area contributed by atoms with Gasteiger partial charge in [-0.2, -0.15) is 0 Å². The van der Waals surface area contributed by atoms with Crippen LogP contribution in [-0.4, -0.2) is 17.9 Å². The van der Waals surface area contributed by atoms with Gasteiger partial charge in [0.05, 0.1) is 19.0 Å². The van der Waals surface area contributed by atoms with Crippen LogP contribution >= 0.6 is 0 Å². The largest absolute Gasteiger partial charge is 0.497 e. The first-order chi connectivity index (χ1) is 8.22. The molecule has 2 aromatic rings. The molecule has 0 aliphatic heterocycles. The van der Waals surface area contributed by atoms with Crippen LogP contribution in [0.5, 0.6) is 5.75 Å². The van der Waals surface area contributed by atoms with Gasteiger partial charge in [0.2, 0.25) is 0 Å². The van der Waals surface area contributed by atoms with Crippen LogP contribution in [0.15, 0.2) is 42.7 Å². The lowest BCUT2D eigenvalue weighted by atomic mass is 10.0. The Balaban J connectivity index is 2.34. The first-order valence-electron chi connectivity index (χ1n) is 5.10. The van der Waals surface area contributed by atoms with Gasteiger partial charge < -0.3 is 10.5 Å². The Morgan fingerprint density at radius 2 is 1.94 bits per heavy atom. The number of carbonyl (C=O) groups excluding carboxylic acids is 1. The number of aromatic nitrogens is 1. The first kappa shape index (κ1) is 11.1. The fourth-order valence-electron chi connectivity index (χ4n) is 1.51. The molecule has 0 fully saturated rings. The summed E-state index contributed by atoms with van der Waals surface area (Å²) in [6, 6.07) is 8.51. The summed E-state index contributed by atoms with van der Waals surface area (Å²) in [5, 5.41) is 0. The molecule has 0 bridgehead atoms. The van der Waals surface area contributed by atoms with Gasteiger partial charge in [-0.25, -0.2) is 0 Å². The van der Waals surface area contributed by atoms with Crippen molar-refractivity contribution in [2.45, 2.75) is 0 Å². The number of nitrogen functional groups attached to an aromatic ring is 1. The molecule has 0 aliphatic rings. The van der Waals surface area contributed by atoms with Crippen LogP contribution in [0.2, 0.25) is 0 Å². The molecule has 86 valence electrons. The third-order valence-electron chi connectivity index (χ3n) is 2.45. The van der Waals surface area contributed by atoms with E-state index in [0.29, 0.717) is 22.6 Å². The van der Waals surface area contributed by atoms with E-state index in [-0.39, 0.29) is 5.78 Å². The Bertz CT molecular complexity index is 535. The normalized spacial score (nSPS) is 9.94. The molecule has 0 spiro atoms. The van der Waals surface area contributed by atoms with Crippen LogP contribution in [0, 0.1) is 0 Å². The molecule has 0 atom stereocenters. The highest BCUT2D eigenvalue weighted by Crippen LogP contribution is 2.17. The number of anilines is 1. The fraction of sp³-hybridized carbons (Fsp3) is 0.0769. The Labute approximate surface area is 99.1 Å². The predicted molar refractivity (Wildman–Crippen MR) is 65.1 cm³/mol. The number of hydrogen-bond acceptors (Lipinski definition) is 4. The lowest BCUT2D eigenvalue weighted by Gasteiger charge is -2.05. The first-order valence-corrected chi connectivity index (χ1v) is 5.10. The summed E-state index contributed by atoms with van der Waals surface area (Å²) in [5.41, 5.74) is 7.13. The molecule has 0 saturated heterocycles. The molecule has 4 heteroatoms. The van der Waals surface area contributed by atoms with E-state index in [4.69, 9.17) is 10.5 Å². The number of nitrogens with zero attached hydrogens (tertiary/aromatic N) is 1. The summed E-state index contributed by atoms with van der Waals surface area (Å²) in [7, 11) is 1.58. The van der Waals surface area contributed by atoms with Crippen molar-refractivity contribution in [2.75, 3.05) is 12.8 Å². The molecule has 0 unspecified atom stereocenters. The highest BCUT2D eigenvalue weighted by atomic mass is 16.5. The molecule has 0 aliphatic carbocycles. The number of rotatable bonds is 3. The van der Waals surface area contributed by atoms with E-state index in [1.807, 2.05) is 0 Å². The molecular weight excluding hydrogens is 216 g/mol. The smallest absolute Gasteiger partial charge is 0.195 e. The van der Waals surface area contributed by atoms with E-state index >= 15 is 0 Å². The van der Waals surface area contributed by atoms with E-state index < -0.39 is 0 Å². The second-order valence-electron chi connectivity index (χ2n) is 3.52. The number of benzene rings is 1. The van der Waals surface area contributed by atoms with Crippen LogP contribution in [0.25, 0.3) is 0 Å². The van der Waals surface area contributed by atoms with Gasteiger partial charge in [0.15, 0.2) is 5.78 Å². The Hall–Kier alpha value is -2.36. The molecule has 1 aromatic carbocycles. The molecule has 2 rings (SSSR count). The van der Waals surface area contributed by atoms with Crippen LogP contribution in [0.1, 0.15) is 15.9 Å². The van der Waals surface area contributed by atoms with Gasteiger partial charge in [-0.1, -0.05) is 0 Å². The van der Waals surface area contributed by atoms with E-state index in [1.165, 1.54) is 6.20 Å². The molecule has 4 nitrogen and oxygen atoms in total. The predicted octanol–water partition coefficient (Wildman–Crippen LogP) is 1.90. The topological polar surface area (TPSA) is 65.2 Å². The van der Waals surface area contributed by atoms with Crippen LogP contribution in [0.4, 0.5) is 5.69 Å². The standard InChI is InChI=1S/C13H12N2O2/c1-17-10-4-2-9(3-5-10)13(16)11-6-7-15-8-12(11)14/h2-8H,14H2,1H3. The third kappa shape index (κ3) is 2.25. The van der Waals surface area contributed by atoms with E-state index in [1.54, 1.807) is 43.6 Å². The summed E-state index contributed by atoms with van der Waals surface area (Å²) in [6.45, 7) is 0. The molecule has 2 N–H and O–H groups in total. The van der Waals surface area contributed by atoms with Crippen molar-refractivity contribution >= 4 is 11.5 Å². The lowest BCUT2D eigenvalue weighted by molar-refractivity contribution is 0.103. The number of nitrogens with two attached hydrogens (primary N) is 1. The highest BCUT2D eigenvalue weighted by molar-refractivity contribution is 6.11. The van der Waals surface area contributed by atoms with Gasteiger partial charge in [-0.15, -0.1) is 0 Å². The van der Waals surface area contributed by atoms with Crippen molar-refractivity contribution < 1.29 is 9.53 Å². The summed E-state index contributed by atoms with van der Waals surface area (Å²) < 4.78 is 5.03. The molecular formula is C13H12N2O2. The van der Waals surface area contributed by atoms with Crippen molar-refractivity contribution in [1.29, 1.82) is 0 Å². The SMILES string of the molecule is COc1ccc(C(=O)c2ccncc2N)cc1. The van der Waals surface area contributed by atoms with E-state index in [2.05, 4.69) is 4.98 Å². The van der Waals surface area contributed by atoms with E-state index in [0.717, 1.165) is 0 Å². The maximum absolute atomic E-state index is 12.1. The zero-order valence-corrected chi connectivity index (χ0v) is 9.38. The number of ether oxygens (including phenoxy) is 1. The van der Waals surface area contributed by atoms with Crippen LogP contribution in [0.3, 0.4) is 0 Å². The zero-order chi connectivity index (χ0) is 12.3. The van der Waals surface area contributed by atoms with Crippen molar-refractivity contribution in [3.05, 3.63) is 53.9 Å². The molecule has 0 amide bonds. The summed E-state index contributed by atoms with van der Waals surface area (Å²) in [5.74, 6) is 0.594. The Morgan fingerprint density at radius 1 is 1.24 bits per heavy atom. The van der Waals surface area contributed by atoms with Gasteiger partial charge in [0.25, 0.3) is 0 Å². The monoisotopic (exact) mass is 228 g/mol. The van der Waals surface area contributed by atoms with Gasteiger partial charge in [0, 0.05) is 17.3 Å². The molecule has 1 heterocycles. The second kappa shape index (κ2) is 4.65. The van der Waals surface area contributed by atoms with Gasteiger partial charge in [-0.3, -0.25) is 9.78 Å². The van der Waals surface area contributed by atoms with E-state index in [9.17, 15) is 4.79 Å². The summed E-state index contributed by atoms with van der Waals surface area (Å²) in [4.78, 5) is 16.0. The Kier molecular flexibility index (Phi) is 3.05. The minimum Gasteiger partial charge on any atom is -0.497 e. The van der Waals surface area contributed by atoms with Gasteiger partial charge in [-0.05, 0) is 30.3 Å². The number of methoxy groups -OCH3 is 1. The maximum Gasteiger partial charge on any atom is 0.195 e. The quantitative estimate of drug-likeness (QED) is 0.815. The minimum absolute atomic E-state index is 0.118. The lowest BCUT2D eigenvalue weighted by Crippen LogP contribution is -2.05. The number of hydrogen-bond donors (Lipinski definition) is 1. The molecule has 1 aromatic heterocycles. The zero-order valence-electron chi connectivity index (χ0n) is 9.38. The Morgan fingerprint density at radius 3 is 2.53 bits per heavy atom. The van der Waals surface area contributed by atoms with Crippen molar-refractivity contribution in [2.24, 2.45) is 0 Å². The summed E-state index contributed by atoms with van der Waals surface area (Å²) >= 11 is 0.